The Hall–Kier alpha value is -0.920. The summed E-state index contributed by atoms with van der Waals surface area (Å²) in [6.07, 6.45) is 32.7. The van der Waals surface area contributed by atoms with Crippen molar-refractivity contribution in [2.45, 2.75) is 275 Å². The van der Waals surface area contributed by atoms with E-state index in [0.717, 1.165) is 44.9 Å². The fourth-order valence-electron chi connectivity index (χ4n) is 8.06. The molecular weight excluding hydrogens is 812 g/mol. The van der Waals surface area contributed by atoms with Gasteiger partial charge in [-0.3, -0.25) is 13.8 Å². The monoisotopic (exact) mass is 907 g/mol. The van der Waals surface area contributed by atoms with Crippen molar-refractivity contribution < 1.29 is 58.3 Å². The highest BCUT2D eigenvalue weighted by molar-refractivity contribution is 7.47. The molecule has 0 aromatic rings. The Kier molecular flexibility index (Phi) is 38.5. The smallest absolute Gasteiger partial charge is 0.457 e. The highest BCUT2D eigenvalue weighted by Gasteiger charge is 2.51. The van der Waals surface area contributed by atoms with E-state index in [1.165, 1.54) is 161 Å². The lowest BCUT2D eigenvalue weighted by Crippen LogP contribution is -2.64. The first-order chi connectivity index (χ1) is 30.0. The minimum atomic E-state index is -5.02. The van der Waals surface area contributed by atoms with Crippen molar-refractivity contribution in [1.29, 1.82) is 0 Å². The molecule has 6 N–H and O–H groups in total. The third kappa shape index (κ3) is 31.9. The lowest BCUT2D eigenvalue weighted by atomic mass is 9.85. The topological polar surface area (TPSA) is 192 Å². The molecule has 1 rings (SSSR count). The lowest BCUT2D eigenvalue weighted by Gasteiger charge is -2.41. The molecule has 62 heavy (non-hydrogen) atoms. The number of rotatable bonds is 44. The van der Waals surface area contributed by atoms with Crippen LogP contribution in [0.3, 0.4) is 0 Å². The average Bonchev–Trinajstić information content (AvgIpc) is 3.26. The van der Waals surface area contributed by atoms with Gasteiger partial charge >= 0.3 is 13.8 Å². The predicted molar refractivity (Wildman–Crippen MR) is 249 cm³/mol. The van der Waals surface area contributed by atoms with E-state index >= 15 is 0 Å². The summed E-state index contributed by atoms with van der Waals surface area (Å²) in [6, 6.07) is 0. The first kappa shape index (κ1) is 59.1. The second kappa shape index (κ2) is 40.4. The highest BCUT2D eigenvalue weighted by Crippen LogP contribution is 2.47. The van der Waals surface area contributed by atoms with E-state index < -0.39 is 63.1 Å². The molecule has 0 spiro atoms. The number of esters is 1. The summed E-state index contributed by atoms with van der Waals surface area (Å²) < 4.78 is 34.3. The molecule has 0 radical (unpaired) electrons. The van der Waals surface area contributed by atoms with Crippen LogP contribution in [0.25, 0.3) is 0 Å². The summed E-state index contributed by atoms with van der Waals surface area (Å²) in [4.78, 5) is 23.2. The van der Waals surface area contributed by atoms with Crippen LogP contribution >= 0.6 is 7.82 Å². The van der Waals surface area contributed by atoms with E-state index in [1.54, 1.807) is 0 Å². The number of unbranched alkanes of at least 4 members (excludes halogenated alkanes) is 30. The van der Waals surface area contributed by atoms with Crippen molar-refractivity contribution >= 4 is 13.8 Å². The maximum Gasteiger partial charge on any atom is 0.472 e. The summed E-state index contributed by atoms with van der Waals surface area (Å²) in [5.74, 6) is -0.477. The Morgan fingerprint density at radius 1 is 0.500 bits per heavy atom. The molecule has 6 unspecified atom stereocenters. The van der Waals surface area contributed by atoms with Gasteiger partial charge in [0.15, 0.2) is 0 Å². The Morgan fingerprint density at radius 2 is 0.855 bits per heavy atom. The van der Waals surface area contributed by atoms with Crippen LogP contribution in [0, 0.1) is 0 Å². The number of hydrogen-bond donors (Lipinski definition) is 6. The summed E-state index contributed by atoms with van der Waals surface area (Å²) in [6.45, 7) is 4.29. The number of phosphoric acid groups is 1. The van der Waals surface area contributed by atoms with E-state index in [2.05, 4.69) is 26.0 Å². The zero-order chi connectivity index (χ0) is 45.5. The van der Waals surface area contributed by atoms with E-state index in [9.17, 15) is 39.8 Å². The van der Waals surface area contributed by atoms with Crippen LogP contribution in [0.15, 0.2) is 12.2 Å². The van der Waals surface area contributed by atoms with Crippen molar-refractivity contribution in [2.75, 3.05) is 19.8 Å². The molecule has 6 atom stereocenters. The first-order valence-corrected chi connectivity index (χ1v) is 27.0. The number of ether oxygens (including phenoxy) is 2. The van der Waals surface area contributed by atoms with Gasteiger partial charge in [0.1, 0.15) is 42.7 Å². The summed E-state index contributed by atoms with van der Waals surface area (Å²) in [5, 5.41) is 50.3. The van der Waals surface area contributed by atoms with Crippen LogP contribution < -0.4 is 0 Å². The molecule has 0 saturated heterocycles. The van der Waals surface area contributed by atoms with Gasteiger partial charge in [0, 0.05) is 13.0 Å². The van der Waals surface area contributed by atoms with Crippen molar-refractivity contribution in [2.24, 2.45) is 0 Å². The second-order valence-electron chi connectivity index (χ2n) is 18.0. The molecular formula is C49H95O12P. The van der Waals surface area contributed by atoms with Gasteiger partial charge in [-0.15, -0.1) is 0 Å². The van der Waals surface area contributed by atoms with Crippen LogP contribution in [0.4, 0.5) is 0 Å². The molecule has 12 nitrogen and oxygen atoms in total. The van der Waals surface area contributed by atoms with Gasteiger partial charge in [-0.25, -0.2) is 4.57 Å². The molecule has 0 aliphatic heterocycles. The largest absolute Gasteiger partial charge is 0.472 e. The van der Waals surface area contributed by atoms with Gasteiger partial charge in [-0.05, 0) is 38.5 Å². The normalized spacial score (nSPS) is 22.0. The lowest BCUT2D eigenvalue weighted by molar-refractivity contribution is -0.220. The number of carbonyl (C=O) groups excluding carboxylic acids is 1. The standard InChI is InChI=1S/C49H95O12P/c1-3-5-7-9-11-13-15-17-19-21-23-25-27-29-31-33-35-37-39-58-40-42(41-59-62(56,57)61-49-47(54)45(52)44(51)46(53)48(49)55)60-43(50)38-36-34-32-30-28-26-24-22-20-18-16-14-12-10-8-6-4-2/h18,20,42,44-49,51-55H,3-17,19,21-41H2,1-2H3,(H,56,57)/b20-18-. The zero-order valence-corrected chi connectivity index (χ0v) is 40.3. The van der Waals surface area contributed by atoms with Crippen LogP contribution in [-0.2, 0) is 27.9 Å². The highest BCUT2D eigenvalue weighted by atomic mass is 31.2. The van der Waals surface area contributed by atoms with Crippen LogP contribution in [0.1, 0.15) is 232 Å². The molecule has 1 fully saturated rings. The number of aliphatic hydroxyl groups excluding tert-OH is 5. The minimum Gasteiger partial charge on any atom is -0.457 e. The summed E-state index contributed by atoms with van der Waals surface area (Å²) in [5.41, 5.74) is 0. The van der Waals surface area contributed by atoms with Crippen molar-refractivity contribution in [1.82, 2.24) is 0 Å². The number of phosphoric ester groups is 1. The quantitative estimate of drug-likeness (QED) is 0.0147. The number of carbonyl (C=O) groups is 1. The molecule has 0 aromatic carbocycles. The second-order valence-corrected chi connectivity index (χ2v) is 19.4. The molecule has 13 heteroatoms. The molecule has 1 aliphatic rings. The van der Waals surface area contributed by atoms with E-state index in [1.807, 2.05) is 0 Å². The minimum absolute atomic E-state index is 0.0722. The molecule has 0 bridgehead atoms. The Bertz CT molecular complexity index is 1080. The van der Waals surface area contributed by atoms with Gasteiger partial charge in [0.25, 0.3) is 0 Å². The molecule has 1 aliphatic carbocycles. The maximum atomic E-state index is 12.8. The Labute approximate surface area is 377 Å². The molecule has 0 heterocycles. The average molecular weight is 907 g/mol. The molecule has 0 amide bonds. The predicted octanol–water partition coefficient (Wildman–Crippen LogP) is 11.1. The molecule has 0 aromatic heterocycles. The van der Waals surface area contributed by atoms with Crippen molar-refractivity contribution in [3.8, 4) is 0 Å². The SMILES string of the molecule is CCCCCCCC/C=C\CCCCCCCCCC(=O)OC(COCCCCCCCCCCCCCCCCCCCC)COP(=O)(O)OC1C(O)C(O)C(O)C(O)C1O. The Balaban J connectivity index is 2.34. The van der Waals surface area contributed by atoms with E-state index in [0.29, 0.717) is 13.0 Å². The van der Waals surface area contributed by atoms with Gasteiger partial charge in [-0.2, -0.15) is 0 Å². The van der Waals surface area contributed by atoms with Crippen molar-refractivity contribution in [3.05, 3.63) is 12.2 Å². The fraction of sp³-hybridized carbons (Fsp3) is 0.939. The van der Waals surface area contributed by atoms with Crippen LogP contribution in [0.5, 0.6) is 0 Å². The first-order valence-electron chi connectivity index (χ1n) is 25.5. The van der Waals surface area contributed by atoms with Gasteiger partial charge in [-0.1, -0.05) is 199 Å². The maximum absolute atomic E-state index is 12.8. The van der Waals surface area contributed by atoms with Crippen molar-refractivity contribution in [3.63, 3.8) is 0 Å². The molecule has 1 saturated carbocycles. The van der Waals surface area contributed by atoms with E-state index in [4.69, 9.17) is 18.5 Å². The summed E-state index contributed by atoms with van der Waals surface area (Å²) >= 11 is 0. The number of allylic oxidation sites excluding steroid dienone is 2. The van der Waals surface area contributed by atoms with Gasteiger partial charge in [0.05, 0.1) is 13.2 Å². The zero-order valence-electron chi connectivity index (χ0n) is 39.4. The fourth-order valence-corrected chi connectivity index (χ4v) is 9.03. The third-order valence-corrected chi connectivity index (χ3v) is 13.1. The third-order valence-electron chi connectivity index (χ3n) is 12.1. The van der Waals surface area contributed by atoms with Gasteiger partial charge < -0.3 is 39.9 Å². The number of aliphatic hydroxyl groups is 5. The van der Waals surface area contributed by atoms with Crippen LogP contribution in [-0.4, -0.2) is 98.9 Å². The number of hydrogen-bond acceptors (Lipinski definition) is 11. The Morgan fingerprint density at radius 3 is 1.27 bits per heavy atom. The summed E-state index contributed by atoms with van der Waals surface area (Å²) in [7, 11) is -5.02. The van der Waals surface area contributed by atoms with E-state index in [-0.39, 0.29) is 13.0 Å². The van der Waals surface area contributed by atoms with Gasteiger partial charge in [0.2, 0.25) is 0 Å². The molecule has 368 valence electrons. The van der Waals surface area contributed by atoms with Crippen LogP contribution in [0.2, 0.25) is 0 Å².